The van der Waals surface area contributed by atoms with Gasteiger partial charge in [0, 0.05) is 29.8 Å². The van der Waals surface area contributed by atoms with E-state index in [2.05, 4.69) is 9.97 Å². The number of nitrogens with two attached hydrogens (primary N) is 1. The number of carbonyl (C=O) groups is 1. The van der Waals surface area contributed by atoms with Crippen LogP contribution in [0.1, 0.15) is 10.4 Å². The fraction of sp³-hybridized carbons (Fsp3) is 0. The lowest BCUT2D eigenvalue weighted by molar-refractivity contribution is 0.100. The minimum Gasteiger partial charge on any atom is -0.366 e. The number of hydrogen-bond acceptors (Lipinski definition) is 2. The number of primary amides is 1. The standard InChI is InChI=1S/C10H9N3O/c11-10(14)8-5-9(13-6-8)7-1-3-12-4-2-7/h1-6,13H,(H2,11,14). The maximum Gasteiger partial charge on any atom is 0.250 e. The van der Waals surface area contributed by atoms with Gasteiger partial charge in [0.05, 0.1) is 5.56 Å². The molecule has 0 atom stereocenters. The van der Waals surface area contributed by atoms with Gasteiger partial charge in [0.1, 0.15) is 0 Å². The fourth-order valence-electron chi connectivity index (χ4n) is 1.23. The van der Waals surface area contributed by atoms with Crippen molar-refractivity contribution in [3.63, 3.8) is 0 Å². The lowest BCUT2D eigenvalue weighted by atomic mass is 10.2. The van der Waals surface area contributed by atoms with Crippen LogP contribution >= 0.6 is 0 Å². The molecule has 0 fully saturated rings. The Labute approximate surface area is 80.8 Å². The van der Waals surface area contributed by atoms with Gasteiger partial charge in [-0.15, -0.1) is 0 Å². The molecule has 14 heavy (non-hydrogen) atoms. The first-order valence-electron chi connectivity index (χ1n) is 4.16. The molecule has 4 heteroatoms. The molecule has 1 amide bonds. The zero-order valence-corrected chi connectivity index (χ0v) is 7.40. The van der Waals surface area contributed by atoms with Gasteiger partial charge >= 0.3 is 0 Å². The first-order valence-corrected chi connectivity index (χ1v) is 4.16. The molecule has 2 aromatic heterocycles. The number of rotatable bonds is 2. The van der Waals surface area contributed by atoms with Crippen molar-refractivity contribution in [3.8, 4) is 11.3 Å². The van der Waals surface area contributed by atoms with E-state index in [1.54, 1.807) is 24.7 Å². The molecule has 2 rings (SSSR count). The summed E-state index contributed by atoms with van der Waals surface area (Å²) in [5.41, 5.74) is 7.46. The smallest absolute Gasteiger partial charge is 0.250 e. The number of aromatic amines is 1. The summed E-state index contributed by atoms with van der Waals surface area (Å²) in [4.78, 5) is 17.7. The number of nitrogens with zero attached hydrogens (tertiary/aromatic N) is 1. The second kappa shape index (κ2) is 3.33. The lowest BCUT2D eigenvalue weighted by Crippen LogP contribution is -2.09. The van der Waals surface area contributed by atoms with E-state index < -0.39 is 5.91 Å². The van der Waals surface area contributed by atoms with Crippen LogP contribution < -0.4 is 5.73 Å². The van der Waals surface area contributed by atoms with Crippen LogP contribution in [0.3, 0.4) is 0 Å². The zero-order valence-electron chi connectivity index (χ0n) is 7.40. The monoisotopic (exact) mass is 187 g/mol. The van der Waals surface area contributed by atoms with Crippen LogP contribution in [0, 0.1) is 0 Å². The van der Waals surface area contributed by atoms with Crippen LogP contribution in [0.25, 0.3) is 11.3 Å². The summed E-state index contributed by atoms with van der Waals surface area (Å²) >= 11 is 0. The summed E-state index contributed by atoms with van der Waals surface area (Å²) < 4.78 is 0. The predicted octanol–water partition coefficient (Wildman–Crippen LogP) is 1.18. The summed E-state index contributed by atoms with van der Waals surface area (Å²) in [6.07, 6.45) is 4.98. The second-order valence-electron chi connectivity index (χ2n) is 2.90. The van der Waals surface area contributed by atoms with E-state index >= 15 is 0 Å². The minimum atomic E-state index is -0.429. The maximum absolute atomic E-state index is 10.8. The van der Waals surface area contributed by atoms with Crippen LogP contribution in [0.2, 0.25) is 0 Å². The molecular formula is C10H9N3O. The third kappa shape index (κ3) is 1.50. The minimum absolute atomic E-state index is 0.429. The van der Waals surface area contributed by atoms with Crippen LogP contribution in [0.15, 0.2) is 36.8 Å². The SMILES string of the molecule is NC(=O)c1c[nH]c(-c2ccncc2)c1. The van der Waals surface area contributed by atoms with Gasteiger partial charge in [-0.25, -0.2) is 0 Å². The van der Waals surface area contributed by atoms with Crippen molar-refractivity contribution in [2.45, 2.75) is 0 Å². The van der Waals surface area contributed by atoms with E-state index in [0.29, 0.717) is 5.56 Å². The highest BCUT2D eigenvalue weighted by molar-refractivity contribution is 5.93. The molecule has 0 aromatic carbocycles. The quantitative estimate of drug-likeness (QED) is 0.740. The van der Waals surface area contributed by atoms with E-state index in [0.717, 1.165) is 11.3 Å². The van der Waals surface area contributed by atoms with Crippen LogP contribution in [0.4, 0.5) is 0 Å². The number of pyridine rings is 1. The average molecular weight is 187 g/mol. The van der Waals surface area contributed by atoms with Gasteiger partial charge in [0.25, 0.3) is 0 Å². The van der Waals surface area contributed by atoms with Crippen molar-refractivity contribution in [3.05, 3.63) is 42.4 Å². The third-order valence-electron chi connectivity index (χ3n) is 1.96. The van der Waals surface area contributed by atoms with Gasteiger partial charge in [0.2, 0.25) is 5.91 Å². The summed E-state index contributed by atoms with van der Waals surface area (Å²) in [6, 6.07) is 5.44. The Morgan fingerprint density at radius 1 is 1.36 bits per heavy atom. The normalized spacial score (nSPS) is 10.0. The molecule has 0 unspecified atom stereocenters. The highest BCUT2D eigenvalue weighted by Gasteiger charge is 2.04. The van der Waals surface area contributed by atoms with Gasteiger partial charge in [-0.05, 0) is 18.2 Å². The van der Waals surface area contributed by atoms with E-state index in [4.69, 9.17) is 5.73 Å². The van der Waals surface area contributed by atoms with Crippen LogP contribution in [-0.4, -0.2) is 15.9 Å². The fourth-order valence-corrected chi connectivity index (χ4v) is 1.23. The van der Waals surface area contributed by atoms with Gasteiger partial charge in [0.15, 0.2) is 0 Å². The highest BCUT2D eigenvalue weighted by atomic mass is 16.1. The van der Waals surface area contributed by atoms with Crippen molar-refractivity contribution in [2.75, 3.05) is 0 Å². The molecule has 0 aliphatic rings. The van der Waals surface area contributed by atoms with Crippen molar-refractivity contribution in [1.29, 1.82) is 0 Å². The number of amides is 1. The molecule has 70 valence electrons. The Morgan fingerprint density at radius 2 is 2.07 bits per heavy atom. The Hall–Kier alpha value is -2.10. The molecular weight excluding hydrogens is 178 g/mol. The summed E-state index contributed by atoms with van der Waals surface area (Å²) in [7, 11) is 0. The van der Waals surface area contributed by atoms with E-state index in [9.17, 15) is 4.79 Å². The van der Waals surface area contributed by atoms with Crippen molar-refractivity contribution >= 4 is 5.91 Å². The van der Waals surface area contributed by atoms with Gasteiger partial charge in [-0.3, -0.25) is 9.78 Å². The number of nitrogens with one attached hydrogen (secondary N) is 1. The highest BCUT2D eigenvalue weighted by Crippen LogP contribution is 2.17. The molecule has 4 nitrogen and oxygen atoms in total. The molecule has 0 spiro atoms. The van der Waals surface area contributed by atoms with Gasteiger partial charge in [-0.2, -0.15) is 0 Å². The average Bonchev–Trinajstić information content (AvgIpc) is 2.68. The zero-order chi connectivity index (χ0) is 9.97. The molecule has 2 heterocycles. The molecule has 3 N–H and O–H groups in total. The van der Waals surface area contributed by atoms with Crippen LogP contribution in [0.5, 0.6) is 0 Å². The van der Waals surface area contributed by atoms with E-state index in [-0.39, 0.29) is 0 Å². The summed E-state index contributed by atoms with van der Waals surface area (Å²) in [6.45, 7) is 0. The largest absolute Gasteiger partial charge is 0.366 e. The topological polar surface area (TPSA) is 71.8 Å². The number of aromatic nitrogens is 2. The first-order chi connectivity index (χ1) is 6.77. The lowest BCUT2D eigenvalue weighted by Gasteiger charge is -1.94. The molecule has 0 aliphatic heterocycles. The number of H-pyrrole nitrogens is 1. The Kier molecular flexibility index (Phi) is 2.02. The summed E-state index contributed by atoms with van der Waals surface area (Å²) in [5, 5.41) is 0. The van der Waals surface area contributed by atoms with Crippen molar-refractivity contribution in [2.24, 2.45) is 5.73 Å². The van der Waals surface area contributed by atoms with Crippen molar-refractivity contribution in [1.82, 2.24) is 9.97 Å². The number of hydrogen-bond donors (Lipinski definition) is 2. The van der Waals surface area contributed by atoms with Gasteiger partial charge < -0.3 is 10.7 Å². The second-order valence-corrected chi connectivity index (χ2v) is 2.90. The maximum atomic E-state index is 10.8. The molecule has 0 radical (unpaired) electrons. The first kappa shape index (κ1) is 8.50. The van der Waals surface area contributed by atoms with E-state index in [1.807, 2.05) is 12.1 Å². The Bertz CT molecular complexity index is 447. The van der Waals surface area contributed by atoms with Crippen molar-refractivity contribution < 1.29 is 4.79 Å². The number of carbonyl (C=O) groups excluding carboxylic acids is 1. The third-order valence-corrected chi connectivity index (χ3v) is 1.96. The van der Waals surface area contributed by atoms with Gasteiger partial charge in [-0.1, -0.05) is 0 Å². The van der Waals surface area contributed by atoms with E-state index in [1.165, 1.54) is 0 Å². The Morgan fingerprint density at radius 3 is 2.64 bits per heavy atom. The van der Waals surface area contributed by atoms with Crippen LogP contribution in [-0.2, 0) is 0 Å². The molecule has 0 saturated heterocycles. The molecule has 0 bridgehead atoms. The predicted molar refractivity (Wildman–Crippen MR) is 52.5 cm³/mol. The molecule has 2 aromatic rings. The Balaban J connectivity index is 2.39. The molecule has 0 aliphatic carbocycles. The molecule has 0 saturated carbocycles. The summed E-state index contributed by atoms with van der Waals surface area (Å²) in [5.74, 6) is -0.429.